The maximum atomic E-state index is 5.79. The second-order valence-electron chi connectivity index (χ2n) is 5.43. The lowest BCUT2D eigenvalue weighted by Crippen LogP contribution is -2.51. The van der Waals surface area contributed by atoms with Gasteiger partial charge in [-0.1, -0.05) is 34.6 Å². The lowest BCUT2D eigenvalue weighted by molar-refractivity contribution is -0.0896. The zero-order valence-corrected chi connectivity index (χ0v) is 12.7. The molecule has 1 atom stereocenters. The summed E-state index contributed by atoms with van der Waals surface area (Å²) >= 11 is 0. The van der Waals surface area contributed by atoms with Crippen molar-refractivity contribution in [2.45, 2.75) is 46.6 Å². The Kier molecular flexibility index (Phi) is 8.83. The van der Waals surface area contributed by atoms with E-state index in [1.165, 1.54) is 6.42 Å². The maximum Gasteiger partial charge on any atom is 0.0944 e. The van der Waals surface area contributed by atoms with Crippen LogP contribution in [-0.4, -0.2) is 50.3 Å². The second-order valence-corrected chi connectivity index (χ2v) is 5.43. The van der Waals surface area contributed by atoms with E-state index in [0.717, 1.165) is 38.7 Å². The third kappa shape index (κ3) is 7.02. The summed E-state index contributed by atoms with van der Waals surface area (Å²) in [6.07, 6.45) is 1.18. The van der Waals surface area contributed by atoms with Crippen molar-refractivity contribution < 1.29 is 4.74 Å². The highest BCUT2D eigenvalue weighted by atomic mass is 16.5. The van der Waals surface area contributed by atoms with Crippen molar-refractivity contribution in [3.05, 3.63) is 0 Å². The van der Waals surface area contributed by atoms with E-state index in [1.807, 2.05) is 13.8 Å². The van der Waals surface area contributed by atoms with E-state index in [2.05, 4.69) is 38.0 Å². The van der Waals surface area contributed by atoms with Crippen LogP contribution in [0.5, 0.6) is 0 Å². The van der Waals surface area contributed by atoms with Gasteiger partial charge in [-0.25, -0.2) is 0 Å². The summed E-state index contributed by atoms with van der Waals surface area (Å²) in [4.78, 5) is 2.36. The largest absolute Gasteiger partial charge is 0.371 e. The average Bonchev–Trinajstić information content (AvgIpc) is 2.68. The Morgan fingerprint density at radius 2 is 1.82 bits per heavy atom. The normalized spacial score (nSPS) is 28.4. The molecule has 104 valence electrons. The summed E-state index contributed by atoms with van der Waals surface area (Å²) < 4.78 is 5.79. The smallest absolute Gasteiger partial charge is 0.0944 e. The minimum atomic E-state index is 0.160. The van der Waals surface area contributed by atoms with Crippen molar-refractivity contribution in [3.8, 4) is 0 Å². The molecule has 0 radical (unpaired) electrons. The van der Waals surface area contributed by atoms with Gasteiger partial charge in [-0.3, -0.25) is 0 Å². The number of morpholine rings is 1. The van der Waals surface area contributed by atoms with E-state index < -0.39 is 0 Å². The van der Waals surface area contributed by atoms with Crippen LogP contribution in [0.15, 0.2) is 0 Å². The molecule has 2 fully saturated rings. The molecule has 2 saturated heterocycles. The van der Waals surface area contributed by atoms with E-state index in [0.29, 0.717) is 0 Å². The van der Waals surface area contributed by atoms with Crippen LogP contribution in [0.25, 0.3) is 0 Å². The molecule has 3 heteroatoms. The molecule has 0 saturated carbocycles. The Morgan fingerprint density at radius 3 is 2.24 bits per heavy atom. The minimum absolute atomic E-state index is 0.160. The molecule has 1 N–H and O–H groups in total. The van der Waals surface area contributed by atoms with Gasteiger partial charge in [0.15, 0.2) is 0 Å². The molecule has 3 nitrogen and oxygen atoms in total. The van der Waals surface area contributed by atoms with Gasteiger partial charge in [0.05, 0.1) is 12.2 Å². The molecule has 0 aromatic heterocycles. The van der Waals surface area contributed by atoms with Gasteiger partial charge in [0.25, 0.3) is 0 Å². The summed E-state index contributed by atoms with van der Waals surface area (Å²) in [5.74, 6) is 0.833. The first-order chi connectivity index (χ1) is 8.04. The van der Waals surface area contributed by atoms with Crippen molar-refractivity contribution in [1.29, 1.82) is 0 Å². The highest BCUT2D eigenvalue weighted by Crippen LogP contribution is 2.23. The summed E-state index contributed by atoms with van der Waals surface area (Å²) in [6.45, 7) is 15.7. The maximum absolute atomic E-state index is 5.79. The fraction of sp³-hybridized carbons (Fsp3) is 1.00. The first kappa shape index (κ1) is 16.9. The molecule has 17 heavy (non-hydrogen) atoms. The quantitative estimate of drug-likeness (QED) is 0.708. The predicted octanol–water partition coefficient (Wildman–Crippen LogP) is 2.37. The fourth-order valence-electron chi connectivity index (χ4n) is 2.01. The van der Waals surface area contributed by atoms with Crippen molar-refractivity contribution in [2.75, 3.05) is 39.8 Å². The number of hydrogen-bond donors (Lipinski definition) is 1. The Bertz CT molecular complexity index is 174. The summed E-state index contributed by atoms with van der Waals surface area (Å²) in [5, 5.41) is 3.35. The van der Waals surface area contributed by atoms with Crippen molar-refractivity contribution in [2.24, 2.45) is 5.92 Å². The van der Waals surface area contributed by atoms with Gasteiger partial charge in [0.1, 0.15) is 0 Å². The topological polar surface area (TPSA) is 24.5 Å². The first-order valence-electron chi connectivity index (χ1n) is 7.07. The van der Waals surface area contributed by atoms with Crippen molar-refractivity contribution in [3.63, 3.8) is 0 Å². The Labute approximate surface area is 108 Å². The van der Waals surface area contributed by atoms with E-state index in [9.17, 15) is 0 Å². The SMILES string of the molecule is CC.CC(C)C.CN1CCOC2(CCNC2)C1. The molecule has 2 rings (SSSR count). The molecule has 0 aliphatic carbocycles. The molecule has 2 aliphatic rings. The third-order valence-corrected chi connectivity index (χ3v) is 2.64. The number of nitrogens with one attached hydrogen (secondary N) is 1. The molecule has 2 aliphatic heterocycles. The van der Waals surface area contributed by atoms with Gasteiger partial charge < -0.3 is 15.0 Å². The van der Waals surface area contributed by atoms with Gasteiger partial charge >= 0.3 is 0 Å². The Hall–Kier alpha value is -0.120. The van der Waals surface area contributed by atoms with E-state index in [1.54, 1.807) is 0 Å². The van der Waals surface area contributed by atoms with Gasteiger partial charge in [0, 0.05) is 19.6 Å². The zero-order valence-electron chi connectivity index (χ0n) is 12.7. The number of nitrogens with zero attached hydrogens (tertiary/aromatic N) is 1. The third-order valence-electron chi connectivity index (χ3n) is 2.64. The molecule has 1 unspecified atom stereocenters. The van der Waals surface area contributed by atoms with Crippen LogP contribution in [0.2, 0.25) is 0 Å². The van der Waals surface area contributed by atoms with Gasteiger partial charge in [-0.15, -0.1) is 0 Å². The monoisotopic (exact) mass is 244 g/mol. The zero-order chi connectivity index (χ0) is 13.3. The lowest BCUT2D eigenvalue weighted by atomic mass is 10.0. The molecular weight excluding hydrogens is 212 g/mol. The van der Waals surface area contributed by atoms with Gasteiger partial charge in [-0.2, -0.15) is 0 Å². The molecule has 0 aromatic carbocycles. The summed E-state index contributed by atoms with van der Waals surface area (Å²) in [5.41, 5.74) is 0.160. The molecular formula is C14H32N2O. The van der Waals surface area contributed by atoms with Crippen LogP contribution >= 0.6 is 0 Å². The predicted molar refractivity (Wildman–Crippen MR) is 75.5 cm³/mol. The van der Waals surface area contributed by atoms with Crippen molar-refractivity contribution >= 4 is 0 Å². The number of hydrogen-bond acceptors (Lipinski definition) is 3. The van der Waals surface area contributed by atoms with Crippen molar-refractivity contribution in [1.82, 2.24) is 10.2 Å². The minimum Gasteiger partial charge on any atom is -0.371 e. The first-order valence-corrected chi connectivity index (χ1v) is 7.07. The fourth-order valence-corrected chi connectivity index (χ4v) is 2.01. The number of rotatable bonds is 0. The summed E-state index contributed by atoms with van der Waals surface area (Å²) in [6, 6.07) is 0. The summed E-state index contributed by atoms with van der Waals surface area (Å²) in [7, 11) is 2.17. The highest BCUT2D eigenvalue weighted by Gasteiger charge is 2.37. The Morgan fingerprint density at radius 1 is 1.24 bits per heavy atom. The highest BCUT2D eigenvalue weighted by molar-refractivity contribution is 4.94. The van der Waals surface area contributed by atoms with Crippen LogP contribution in [-0.2, 0) is 4.74 Å². The molecule has 0 amide bonds. The number of ether oxygens (including phenoxy) is 1. The van der Waals surface area contributed by atoms with Crippen LogP contribution in [0.3, 0.4) is 0 Å². The molecule has 2 heterocycles. The second kappa shape index (κ2) is 8.90. The lowest BCUT2D eigenvalue weighted by Gasteiger charge is -2.38. The van der Waals surface area contributed by atoms with Gasteiger partial charge in [-0.05, 0) is 25.9 Å². The average molecular weight is 244 g/mol. The van der Waals surface area contributed by atoms with Crippen LogP contribution in [0.1, 0.15) is 41.0 Å². The molecule has 0 bridgehead atoms. The number of likely N-dealkylation sites (N-methyl/N-ethyl adjacent to an activating group) is 1. The van der Waals surface area contributed by atoms with Crippen LogP contribution in [0, 0.1) is 5.92 Å². The van der Waals surface area contributed by atoms with E-state index in [4.69, 9.17) is 4.74 Å². The van der Waals surface area contributed by atoms with E-state index in [-0.39, 0.29) is 5.60 Å². The van der Waals surface area contributed by atoms with E-state index >= 15 is 0 Å². The molecule has 1 spiro atoms. The van der Waals surface area contributed by atoms with Crippen LogP contribution < -0.4 is 5.32 Å². The molecule has 0 aromatic rings. The van der Waals surface area contributed by atoms with Crippen LogP contribution in [0.4, 0.5) is 0 Å². The van der Waals surface area contributed by atoms with Gasteiger partial charge in [0.2, 0.25) is 0 Å². The standard InChI is InChI=1S/C8H16N2O.C4H10.C2H6/c1-10-4-5-11-8(7-10)2-3-9-6-8;1-4(2)3;1-2/h9H,2-7H2,1H3;4H,1-3H3;1-2H3. The Balaban J connectivity index is 0.000000368.